The molecule has 1 aromatic carbocycles. The van der Waals surface area contributed by atoms with E-state index in [-0.39, 0.29) is 0 Å². The lowest BCUT2D eigenvalue weighted by atomic mass is 10.3. The van der Waals surface area contributed by atoms with Gasteiger partial charge in [-0.25, -0.2) is 9.67 Å². The monoisotopic (exact) mass is 240 g/mol. The summed E-state index contributed by atoms with van der Waals surface area (Å²) in [6.07, 6.45) is 1.51. The molecule has 0 saturated heterocycles. The standard InChI is InChI=1S/C9H9ClN4S/c1-14-9(12-5-13-14)15-8-3-2-6(10)4-7(8)11/h2-5H,11H2,1H3. The van der Waals surface area contributed by atoms with Gasteiger partial charge in [-0.2, -0.15) is 5.10 Å². The molecule has 0 saturated carbocycles. The molecular formula is C9H9ClN4S. The van der Waals surface area contributed by atoms with Gasteiger partial charge in [0.1, 0.15) is 6.33 Å². The number of hydrogen-bond acceptors (Lipinski definition) is 4. The number of anilines is 1. The molecule has 0 radical (unpaired) electrons. The van der Waals surface area contributed by atoms with Crippen molar-refractivity contribution in [2.75, 3.05) is 5.73 Å². The summed E-state index contributed by atoms with van der Waals surface area (Å²) in [6.45, 7) is 0. The Labute approximate surface area is 96.4 Å². The average molecular weight is 241 g/mol. The molecule has 0 aliphatic rings. The van der Waals surface area contributed by atoms with Crippen LogP contribution in [0.4, 0.5) is 5.69 Å². The van der Waals surface area contributed by atoms with Crippen LogP contribution in [-0.4, -0.2) is 14.8 Å². The second-order valence-electron chi connectivity index (χ2n) is 2.95. The number of aromatic nitrogens is 3. The van der Waals surface area contributed by atoms with Crippen LogP contribution in [0.1, 0.15) is 0 Å². The van der Waals surface area contributed by atoms with Gasteiger partial charge < -0.3 is 5.73 Å². The van der Waals surface area contributed by atoms with Crippen LogP contribution in [0.2, 0.25) is 5.02 Å². The summed E-state index contributed by atoms with van der Waals surface area (Å²) in [5.74, 6) is 0. The minimum absolute atomic E-state index is 0.634. The molecule has 0 spiro atoms. The molecule has 4 nitrogen and oxygen atoms in total. The van der Waals surface area contributed by atoms with Gasteiger partial charge in [-0.05, 0) is 30.0 Å². The van der Waals surface area contributed by atoms with E-state index in [2.05, 4.69) is 10.1 Å². The molecule has 0 atom stereocenters. The van der Waals surface area contributed by atoms with E-state index in [0.717, 1.165) is 10.1 Å². The van der Waals surface area contributed by atoms with Crippen molar-refractivity contribution in [1.82, 2.24) is 14.8 Å². The fourth-order valence-corrected chi connectivity index (χ4v) is 2.06. The van der Waals surface area contributed by atoms with E-state index in [1.54, 1.807) is 16.8 Å². The SMILES string of the molecule is Cn1ncnc1Sc1ccc(Cl)cc1N. The van der Waals surface area contributed by atoms with Crippen molar-refractivity contribution in [3.8, 4) is 0 Å². The van der Waals surface area contributed by atoms with E-state index in [1.807, 2.05) is 13.1 Å². The second-order valence-corrected chi connectivity index (χ2v) is 4.40. The predicted octanol–water partition coefficient (Wildman–Crippen LogP) is 2.20. The molecule has 1 aromatic heterocycles. The first-order valence-electron chi connectivity index (χ1n) is 4.23. The highest BCUT2D eigenvalue weighted by atomic mass is 35.5. The Kier molecular flexibility index (Phi) is 2.83. The van der Waals surface area contributed by atoms with Gasteiger partial charge >= 0.3 is 0 Å². The maximum absolute atomic E-state index is 5.83. The Bertz CT molecular complexity index is 483. The Balaban J connectivity index is 2.29. The molecule has 1 heterocycles. The van der Waals surface area contributed by atoms with Crippen molar-refractivity contribution < 1.29 is 0 Å². The normalized spacial score (nSPS) is 10.5. The molecule has 2 rings (SSSR count). The lowest BCUT2D eigenvalue weighted by molar-refractivity contribution is 0.685. The minimum Gasteiger partial charge on any atom is -0.398 e. The van der Waals surface area contributed by atoms with E-state index < -0.39 is 0 Å². The van der Waals surface area contributed by atoms with Crippen molar-refractivity contribution in [2.45, 2.75) is 10.1 Å². The van der Waals surface area contributed by atoms with Crippen molar-refractivity contribution in [1.29, 1.82) is 0 Å². The zero-order valence-corrected chi connectivity index (χ0v) is 9.59. The molecule has 0 bridgehead atoms. The number of halogens is 1. The van der Waals surface area contributed by atoms with Crippen molar-refractivity contribution in [2.24, 2.45) is 7.05 Å². The van der Waals surface area contributed by atoms with Crippen molar-refractivity contribution in [3.63, 3.8) is 0 Å². The number of hydrogen-bond donors (Lipinski definition) is 1. The van der Waals surface area contributed by atoms with Gasteiger partial charge in [0.25, 0.3) is 0 Å². The first-order chi connectivity index (χ1) is 7.16. The highest BCUT2D eigenvalue weighted by molar-refractivity contribution is 7.99. The summed E-state index contributed by atoms with van der Waals surface area (Å²) in [4.78, 5) is 5.03. The van der Waals surface area contributed by atoms with Crippen LogP contribution < -0.4 is 5.73 Å². The minimum atomic E-state index is 0.634. The van der Waals surface area contributed by atoms with E-state index >= 15 is 0 Å². The molecule has 0 aliphatic carbocycles. The fraction of sp³-hybridized carbons (Fsp3) is 0.111. The van der Waals surface area contributed by atoms with Crippen molar-refractivity contribution >= 4 is 29.1 Å². The highest BCUT2D eigenvalue weighted by Crippen LogP contribution is 2.31. The van der Waals surface area contributed by atoms with Gasteiger partial charge in [-0.15, -0.1) is 0 Å². The quantitative estimate of drug-likeness (QED) is 0.818. The number of rotatable bonds is 2. The zero-order chi connectivity index (χ0) is 10.8. The third-order valence-electron chi connectivity index (χ3n) is 1.84. The van der Waals surface area contributed by atoms with Crippen LogP contribution in [0.25, 0.3) is 0 Å². The second kappa shape index (κ2) is 4.12. The highest BCUT2D eigenvalue weighted by Gasteiger charge is 2.06. The summed E-state index contributed by atoms with van der Waals surface area (Å²) in [6, 6.07) is 5.40. The van der Waals surface area contributed by atoms with E-state index in [0.29, 0.717) is 10.7 Å². The van der Waals surface area contributed by atoms with Gasteiger partial charge in [-0.1, -0.05) is 11.6 Å². The molecule has 0 aliphatic heterocycles. The molecule has 0 amide bonds. The predicted molar refractivity (Wildman–Crippen MR) is 61.0 cm³/mol. The van der Waals surface area contributed by atoms with Crippen LogP contribution in [0.15, 0.2) is 34.6 Å². The van der Waals surface area contributed by atoms with E-state index in [9.17, 15) is 0 Å². The molecule has 78 valence electrons. The topological polar surface area (TPSA) is 56.7 Å². The Morgan fingerprint density at radius 2 is 2.27 bits per heavy atom. The van der Waals surface area contributed by atoms with E-state index in [1.165, 1.54) is 18.1 Å². The molecule has 2 aromatic rings. The van der Waals surface area contributed by atoms with Crippen LogP contribution in [0, 0.1) is 0 Å². The van der Waals surface area contributed by atoms with Crippen LogP contribution in [-0.2, 0) is 7.05 Å². The Morgan fingerprint density at radius 1 is 1.47 bits per heavy atom. The Morgan fingerprint density at radius 3 is 2.87 bits per heavy atom. The molecule has 2 N–H and O–H groups in total. The van der Waals surface area contributed by atoms with Gasteiger partial charge in [0.05, 0.1) is 0 Å². The Hall–Kier alpha value is -1.20. The summed E-state index contributed by atoms with van der Waals surface area (Å²) >= 11 is 7.27. The molecular weight excluding hydrogens is 232 g/mol. The van der Waals surface area contributed by atoms with Crippen LogP contribution >= 0.6 is 23.4 Å². The fourth-order valence-electron chi connectivity index (χ4n) is 1.09. The smallest absolute Gasteiger partial charge is 0.190 e. The number of benzene rings is 1. The number of nitrogens with zero attached hydrogens (tertiary/aromatic N) is 3. The van der Waals surface area contributed by atoms with Crippen LogP contribution in [0.5, 0.6) is 0 Å². The number of nitrogens with two attached hydrogens (primary N) is 1. The largest absolute Gasteiger partial charge is 0.398 e. The first kappa shape index (κ1) is 10.3. The maximum atomic E-state index is 5.83. The summed E-state index contributed by atoms with van der Waals surface area (Å²) in [5, 5.41) is 5.41. The molecule has 0 unspecified atom stereocenters. The van der Waals surface area contributed by atoms with Gasteiger partial charge in [0.2, 0.25) is 0 Å². The summed E-state index contributed by atoms with van der Waals surface area (Å²) in [5.41, 5.74) is 6.47. The lowest BCUT2D eigenvalue weighted by Crippen LogP contribution is -1.94. The summed E-state index contributed by atoms with van der Waals surface area (Å²) < 4.78 is 1.69. The average Bonchev–Trinajstić information content (AvgIpc) is 2.57. The van der Waals surface area contributed by atoms with E-state index in [4.69, 9.17) is 17.3 Å². The lowest BCUT2D eigenvalue weighted by Gasteiger charge is -2.04. The molecule has 15 heavy (non-hydrogen) atoms. The van der Waals surface area contributed by atoms with Crippen molar-refractivity contribution in [3.05, 3.63) is 29.5 Å². The first-order valence-corrected chi connectivity index (χ1v) is 5.43. The van der Waals surface area contributed by atoms with Crippen LogP contribution in [0.3, 0.4) is 0 Å². The van der Waals surface area contributed by atoms with Gasteiger partial charge in [0, 0.05) is 22.7 Å². The van der Waals surface area contributed by atoms with Gasteiger partial charge in [-0.3, -0.25) is 0 Å². The third kappa shape index (κ3) is 2.24. The number of nitrogen functional groups attached to an aromatic ring is 1. The number of aryl methyl sites for hydroxylation is 1. The third-order valence-corrected chi connectivity index (χ3v) is 3.22. The molecule has 6 heteroatoms. The maximum Gasteiger partial charge on any atom is 0.190 e. The molecule has 0 fully saturated rings. The van der Waals surface area contributed by atoms with Gasteiger partial charge in [0.15, 0.2) is 5.16 Å². The summed E-state index contributed by atoms with van der Waals surface area (Å²) in [7, 11) is 1.83. The zero-order valence-electron chi connectivity index (χ0n) is 8.01.